The van der Waals surface area contributed by atoms with Crippen LogP contribution in [-0.4, -0.2) is 12.0 Å². The molecule has 0 N–H and O–H groups in total. The minimum atomic E-state index is 0.865. The zero-order valence-electron chi connectivity index (χ0n) is 9.97. The Labute approximate surface area is 88.9 Å². The molecule has 0 aromatic rings. The molecule has 13 heavy (non-hydrogen) atoms. The van der Waals surface area contributed by atoms with Crippen molar-refractivity contribution in [2.45, 2.75) is 47.0 Å². The van der Waals surface area contributed by atoms with Crippen LogP contribution in [0.5, 0.6) is 0 Å². The second kappa shape index (κ2) is 7.73. The SMILES string of the molecule is CSCC(CCC(C)C)CC(C)C. The second-order valence-electron chi connectivity index (χ2n) is 4.92. The Hall–Kier alpha value is 0.350. The molecule has 0 nitrogen and oxygen atoms in total. The Morgan fingerprint density at radius 2 is 1.54 bits per heavy atom. The van der Waals surface area contributed by atoms with Crippen LogP contribution in [-0.2, 0) is 0 Å². The summed E-state index contributed by atoms with van der Waals surface area (Å²) in [5.41, 5.74) is 0. The van der Waals surface area contributed by atoms with Gasteiger partial charge in [0.1, 0.15) is 0 Å². The molecule has 0 amide bonds. The predicted octanol–water partition coefficient (Wildman–Crippen LogP) is 4.45. The van der Waals surface area contributed by atoms with Crippen LogP contribution in [0.25, 0.3) is 0 Å². The van der Waals surface area contributed by atoms with Gasteiger partial charge in [0, 0.05) is 0 Å². The molecule has 0 aliphatic rings. The van der Waals surface area contributed by atoms with E-state index in [1.54, 1.807) is 0 Å². The van der Waals surface area contributed by atoms with Crippen molar-refractivity contribution in [1.82, 2.24) is 0 Å². The first kappa shape index (κ1) is 13.4. The fraction of sp³-hybridized carbons (Fsp3) is 1.00. The van der Waals surface area contributed by atoms with Gasteiger partial charge in [-0.15, -0.1) is 0 Å². The van der Waals surface area contributed by atoms with E-state index in [1.165, 1.54) is 25.0 Å². The van der Waals surface area contributed by atoms with Crippen LogP contribution in [0.3, 0.4) is 0 Å². The second-order valence-corrected chi connectivity index (χ2v) is 5.83. The fourth-order valence-electron chi connectivity index (χ4n) is 1.74. The average molecular weight is 202 g/mol. The molecule has 0 fully saturated rings. The Bertz CT molecular complexity index is 108. The van der Waals surface area contributed by atoms with E-state index in [1.807, 2.05) is 11.8 Å². The van der Waals surface area contributed by atoms with Crippen molar-refractivity contribution in [2.75, 3.05) is 12.0 Å². The lowest BCUT2D eigenvalue weighted by Gasteiger charge is -2.18. The lowest BCUT2D eigenvalue weighted by molar-refractivity contribution is 0.386. The lowest BCUT2D eigenvalue weighted by Crippen LogP contribution is -2.08. The lowest BCUT2D eigenvalue weighted by atomic mass is 9.92. The number of thioether (sulfide) groups is 1. The molecule has 0 aromatic carbocycles. The summed E-state index contributed by atoms with van der Waals surface area (Å²) in [5.74, 6) is 4.04. The minimum absolute atomic E-state index is 0.865. The van der Waals surface area contributed by atoms with Crippen LogP contribution in [0, 0.1) is 17.8 Å². The summed E-state index contributed by atoms with van der Waals surface area (Å²) in [4.78, 5) is 0. The van der Waals surface area contributed by atoms with E-state index in [-0.39, 0.29) is 0 Å². The van der Waals surface area contributed by atoms with E-state index in [4.69, 9.17) is 0 Å². The van der Waals surface area contributed by atoms with E-state index >= 15 is 0 Å². The summed E-state index contributed by atoms with van der Waals surface area (Å²) in [6, 6.07) is 0. The highest BCUT2D eigenvalue weighted by Crippen LogP contribution is 2.22. The van der Waals surface area contributed by atoms with Gasteiger partial charge in [-0.05, 0) is 42.6 Å². The molecular weight excluding hydrogens is 176 g/mol. The fourth-order valence-corrected chi connectivity index (χ4v) is 2.51. The van der Waals surface area contributed by atoms with E-state index in [0.29, 0.717) is 0 Å². The molecule has 0 saturated carbocycles. The number of hydrogen-bond acceptors (Lipinski definition) is 1. The van der Waals surface area contributed by atoms with Crippen LogP contribution < -0.4 is 0 Å². The predicted molar refractivity (Wildman–Crippen MR) is 65.4 cm³/mol. The maximum atomic E-state index is 2.34. The van der Waals surface area contributed by atoms with Crippen LogP contribution in [0.2, 0.25) is 0 Å². The zero-order valence-corrected chi connectivity index (χ0v) is 10.8. The van der Waals surface area contributed by atoms with Gasteiger partial charge in [-0.1, -0.05) is 34.1 Å². The van der Waals surface area contributed by atoms with Gasteiger partial charge >= 0.3 is 0 Å². The van der Waals surface area contributed by atoms with E-state index in [2.05, 4.69) is 34.0 Å². The summed E-state index contributed by atoms with van der Waals surface area (Å²) < 4.78 is 0. The third-order valence-electron chi connectivity index (χ3n) is 2.36. The molecule has 0 saturated heterocycles. The van der Waals surface area contributed by atoms with Crippen molar-refractivity contribution in [3.63, 3.8) is 0 Å². The highest BCUT2D eigenvalue weighted by molar-refractivity contribution is 7.98. The van der Waals surface area contributed by atoms with E-state index in [0.717, 1.165) is 17.8 Å². The van der Waals surface area contributed by atoms with Crippen LogP contribution in [0.1, 0.15) is 47.0 Å². The summed E-state index contributed by atoms with van der Waals surface area (Å²) in [6.45, 7) is 9.32. The molecule has 0 spiro atoms. The quantitative estimate of drug-likeness (QED) is 0.588. The first-order valence-corrected chi connectivity index (χ1v) is 6.94. The first-order chi connectivity index (χ1) is 6.06. The van der Waals surface area contributed by atoms with E-state index in [9.17, 15) is 0 Å². The molecule has 0 heterocycles. The molecule has 0 radical (unpaired) electrons. The normalized spacial score (nSPS) is 14.1. The molecule has 0 rings (SSSR count). The van der Waals surface area contributed by atoms with Gasteiger partial charge in [-0.25, -0.2) is 0 Å². The van der Waals surface area contributed by atoms with Crippen molar-refractivity contribution in [1.29, 1.82) is 0 Å². The van der Waals surface area contributed by atoms with Gasteiger partial charge < -0.3 is 0 Å². The van der Waals surface area contributed by atoms with Gasteiger partial charge in [0.15, 0.2) is 0 Å². The third-order valence-corrected chi connectivity index (χ3v) is 3.16. The standard InChI is InChI=1S/C12H26S/c1-10(2)6-7-12(9-13-5)8-11(3)4/h10-12H,6-9H2,1-5H3. The van der Waals surface area contributed by atoms with Crippen molar-refractivity contribution in [3.05, 3.63) is 0 Å². The third kappa shape index (κ3) is 8.67. The topological polar surface area (TPSA) is 0 Å². The van der Waals surface area contributed by atoms with Gasteiger partial charge in [0.25, 0.3) is 0 Å². The first-order valence-electron chi connectivity index (χ1n) is 5.55. The maximum absolute atomic E-state index is 2.34. The molecule has 0 aliphatic heterocycles. The monoisotopic (exact) mass is 202 g/mol. The molecule has 80 valence electrons. The smallest absolute Gasteiger partial charge is 0.00418 e. The molecule has 0 aromatic heterocycles. The van der Waals surface area contributed by atoms with Crippen molar-refractivity contribution < 1.29 is 0 Å². The molecule has 0 bridgehead atoms. The zero-order chi connectivity index (χ0) is 10.3. The van der Waals surface area contributed by atoms with Crippen molar-refractivity contribution >= 4 is 11.8 Å². The maximum Gasteiger partial charge on any atom is -0.00418 e. The van der Waals surface area contributed by atoms with Gasteiger partial charge in [0.05, 0.1) is 0 Å². The Balaban J connectivity index is 3.66. The summed E-state index contributed by atoms with van der Waals surface area (Å²) in [7, 11) is 0. The van der Waals surface area contributed by atoms with Gasteiger partial charge in [-0.3, -0.25) is 0 Å². The molecule has 1 heteroatoms. The van der Waals surface area contributed by atoms with Gasteiger partial charge in [0.2, 0.25) is 0 Å². The molecule has 0 aliphatic carbocycles. The minimum Gasteiger partial charge on any atom is -0.165 e. The molecule has 1 unspecified atom stereocenters. The van der Waals surface area contributed by atoms with Gasteiger partial charge in [-0.2, -0.15) is 11.8 Å². The highest BCUT2D eigenvalue weighted by Gasteiger charge is 2.10. The van der Waals surface area contributed by atoms with Crippen molar-refractivity contribution in [2.24, 2.45) is 17.8 Å². The average Bonchev–Trinajstić information content (AvgIpc) is 1.99. The summed E-state index contributed by atoms with van der Waals surface area (Å²) in [6.07, 6.45) is 6.46. The number of rotatable bonds is 7. The largest absolute Gasteiger partial charge is 0.165 e. The summed E-state index contributed by atoms with van der Waals surface area (Å²) >= 11 is 2.00. The molecular formula is C12H26S. The summed E-state index contributed by atoms with van der Waals surface area (Å²) in [5, 5.41) is 0. The Morgan fingerprint density at radius 1 is 0.923 bits per heavy atom. The van der Waals surface area contributed by atoms with Crippen LogP contribution in [0.4, 0.5) is 0 Å². The van der Waals surface area contributed by atoms with Crippen molar-refractivity contribution in [3.8, 4) is 0 Å². The van der Waals surface area contributed by atoms with E-state index < -0.39 is 0 Å². The highest BCUT2D eigenvalue weighted by atomic mass is 32.2. The Kier molecular flexibility index (Phi) is 7.93. The Morgan fingerprint density at radius 3 is 1.92 bits per heavy atom. The number of hydrogen-bond donors (Lipinski definition) is 0. The molecule has 1 atom stereocenters. The van der Waals surface area contributed by atoms with Crippen LogP contribution in [0.15, 0.2) is 0 Å². The van der Waals surface area contributed by atoms with Crippen LogP contribution >= 0.6 is 11.8 Å².